The van der Waals surface area contributed by atoms with Gasteiger partial charge in [-0.1, -0.05) is 0 Å². The van der Waals surface area contributed by atoms with Crippen molar-refractivity contribution in [2.75, 3.05) is 18.5 Å². The number of rotatable bonds is 6. The largest absolute Gasteiger partial charge is 0.478 e. The summed E-state index contributed by atoms with van der Waals surface area (Å²) in [7, 11) is 0. The van der Waals surface area contributed by atoms with Gasteiger partial charge in [-0.3, -0.25) is 4.79 Å². The first kappa shape index (κ1) is 13.2. The molecule has 1 amide bonds. The van der Waals surface area contributed by atoms with Crippen molar-refractivity contribution in [1.82, 2.24) is 15.3 Å². The Kier molecular flexibility index (Phi) is 5.19. The molecule has 6 nitrogen and oxygen atoms in total. The van der Waals surface area contributed by atoms with E-state index in [1.807, 2.05) is 20.8 Å². The number of hydrogen-bond acceptors (Lipinski definition) is 5. The molecule has 0 saturated carbocycles. The molecule has 0 bridgehead atoms. The lowest BCUT2D eigenvalue weighted by Crippen LogP contribution is -2.35. The standard InChI is InChI=1S/C11H18N4O2/c1-4-17-10-5-6-12-11(15-10)13-7-9(16)14-8(2)3/h5-6,8H,4,7H2,1-3H3,(H,14,16)(H,12,13,15). The normalized spacial score (nSPS) is 10.1. The van der Waals surface area contributed by atoms with E-state index >= 15 is 0 Å². The summed E-state index contributed by atoms with van der Waals surface area (Å²) in [6.07, 6.45) is 1.58. The number of nitrogens with zero attached hydrogens (tertiary/aromatic N) is 2. The van der Waals surface area contributed by atoms with E-state index in [9.17, 15) is 4.79 Å². The third-order valence-electron chi connectivity index (χ3n) is 1.78. The molecule has 0 aliphatic carbocycles. The van der Waals surface area contributed by atoms with Crippen molar-refractivity contribution in [2.24, 2.45) is 0 Å². The average Bonchev–Trinajstić information content (AvgIpc) is 2.26. The molecule has 0 aliphatic heterocycles. The topological polar surface area (TPSA) is 76.1 Å². The highest BCUT2D eigenvalue weighted by Crippen LogP contribution is 2.07. The highest BCUT2D eigenvalue weighted by molar-refractivity contribution is 5.80. The van der Waals surface area contributed by atoms with Gasteiger partial charge in [0.2, 0.25) is 17.7 Å². The highest BCUT2D eigenvalue weighted by atomic mass is 16.5. The van der Waals surface area contributed by atoms with E-state index in [2.05, 4.69) is 20.6 Å². The van der Waals surface area contributed by atoms with E-state index in [1.54, 1.807) is 12.3 Å². The first-order valence-corrected chi connectivity index (χ1v) is 5.61. The van der Waals surface area contributed by atoms with Gasteiger partial charge in [0.05, 0.1) is 13.2 Å². The molecule has 1 aromatic rings. The Morgan fingerprint density at radius 2 is 2.29 bits per heavy atom. The van der Waals surface area contributed by atoms with Gasteiger partial charge in [0, 0.05) is 18.3 Å². The summed E-state index contributed by atoms with van der Waals surface area (Å²) in [5, 5.41) is 5.60. The number of aromatic nitrogens is 2. The Bertz CT molecular complexity index is 368. The zero-order chi connectivity index (χ0) is 12.7. The second-order valence-corrected chi connectivity index (χ2v) is 3.73. The van der Waals surface area contributed by atoms with Crippen LogP contribution in [-0.2, 0) is 4.79 Å². The summed E-state index contributed by atoms with van der Waals surface area (Å²) >= 11 is 0. The summed E-state index contributed by atoms with van der Waals surface area (Å²) in [5.41, 5.74) is 0. The fraction of sp³-hybridized carbons (Fsp3) is 0.545. The summed E-state index contributed by atoms with van der Waals surface area (Å²) < 4.78 is 5.23. The Labute approximate surface area is 101 Å². The van der Waals surface area contributed by atoms with E-state index in [4.69, 9.17) is 4.74 Å². The SMILES string of the molecule is CCOc1ccnc(NCC(=O)NC(C)C)n1. The minimum absolute atomic E-state index is 0.0922. The molecule has 94 valence electrons. The molecule has 1 rings (SSSR count). The van der Waals surface area contributed by atoms with Crippen LogP contribution in [0.25, 0.3) is 0 Å². The first-order valence-electron chi connectivity index (χ1n) is 5.61. The van der Waals surface area contributed by atoms with Crippen LogP contribution in [0.4, 0.5) is 5.95 Å². The smallest absolute Gasteiger partial charge is 0.239 e. The molecule has 2 N–H and O–H groups in total. The van der Waals surface area contributed by atoms with Crippen LogP contribution in [0.15, 0.2) is 12.3 Å². The predicted molar refractivity (Wildman–Crippen MR) is 65.0 cm³/mol. The van der Waals surface area contributed by atoms with Crippen LogP contribution in [0, 0.1) is 0 Å². The molecule has 0 aliphatic rings. The maximum Gasteiger partial charge on any atom is 0.239 e. The second-order valence-electron chi connectivity index (χ2n) is 3.73. The Morgan fingerprint density at radius 3 is 2.94 bits per heavy atom. The third kappa shape index (κ3) is 5.14. The van der Waals surface area contributed by atoms with Crippen molar-refractivity contribution < 1.29 is 9.53 Å². The number of ether oxygens (including phenoxy) is 1. The Hall–Kier alpha value is -1.85. The zero-order valence-electron chi connectivity index (χ0n) is 10.4. The third-order valence-corrected chi connectivity index (χ3v) is 1.78. The van der Waals surface area contributed by atoms with Gasteiger partial charge >= 0.3 is 0 Å². The molecule has 1 heterocycles. The van der Waals surface area contributed by atoms with Crippen LogP contribution in [0.3, 0.4) is 0 Å². The van der Waals surface area contributed by atoms with Crippen molar-refractivity contribution in [3.05, 3.63) is 12.3 Å². The van der Waals surface area contributed by atoms with Crippen LogP contribution < -0.4 is 15.4 Å². The monoisotopic (exact) mass is 238 g/mol. The lowest BCUT2D eigenvalue weighted by Gasteiger charge is -2.09. The molecule has 1 aromatic heterocycles. The predicted octanol–water partition coefficient (Wildman–Crippen LogP) is 0.812. The summed E-state index contributed by atoms with van der Waals surface area (Å²) in [4.78, 5) is 19.5. The van der Waals surface area contributed by atoms with E-state index in [0.717, 1.165) is 0 Å². The Morgan fingerprint density at radius 1 is 1.53 bits per heavy atom. The number of carbonyl (C=O) groups excluding carboxylic acids is 1. The van der Waals surface area contributed by atoms with Crippen molar-refractivity contribution in [1.29, 1.82) is 0 Å². The molecule has 0 aromatic carbocycles. The summed E-state index contributed by atoms with van der Waals surface area (Å²) in [5.74, 6) is 0.787. The van der Waals surface area contributed by atoms with E-state index < -0.39 is 0 Å². The summed E-state index contributed by atoms with van der Waals surface area (Å²) in [6.45, 7) is 6.39. The molecule has 0 spiro atoms. The Balaban J connectivity index is 2.45. The molecule has 0 saturated heterocycles. The zero-order valence-corrected chi connectivity index (χ0v) is 10.4. The van der Waals surface area contributed by atoms with Crippen molar-refractivity contribution >= 4 is 11.9 Å². The number of hydrogen-bond donors (Lipinski definition) is 2. The quantitative estimate of drug-likeness (QED) is 0.767. The van der Waals surface area contributed by atoms with Gasteiger partial charge in [0.1, 0.15) is 0 Å². The number of nitrogens with one attached hydrogen (secondary N) is 2. The minimum atomic E-state index is -0.0922. The average molecular weight is 238 g/mol. The lowest BCUT2D eigenvalue weighted by atomic mass is 10.4. The number of anilines is 1. The van der Waals surface area contributed by atoms with Gasteiger partial charge in [-0.2, -0.15) is 4.98 Å². The molecule has 0 atom stereocenters. The van der Waals surface area contributed by atoms with Crippen LogP contribution in [0.1, 0.15) is 20.8 Å². The van der Waals surface area contributed by atoms with Gasteiger partial charge in [-0.05, 0) is 20.8 Å². The van der Waals surface area contributed by atoms with Gasteiger partial charge in [0.25, 0.3) is 0 Å². The maximum absolute atomic E-state index is 11.4. The van der Waals surface area contributed by atoms with Gasteiger partial charge in [-0.25, -0.2) is 4.98 Å². The van der Waals surface area contributed by atoms with E-state index in [1.165, 1.54) is 0 Å². The highest BCUT2D eigenvalue weighted by Gasteiger charge is 2.04. The van der Waals surface area contributed by atoms with Crippen LogP contribution in [0.2, 0.25) is 0 Å². The van der Waals surface area contributed by atoms with Crippen LogP contribution in [-0.4, -0.2) is 35.1 Å². The van der Waals surface area contributed by atoms with Crippen molar-refractivity contribution in [3.63, 3.8) is 0 Å². The van der Waals surface area contributed by atoms with Crippen LogP contribution >= 0.6 is 0 Å². The van der Waals surface area contributed by atoms with Gasteiger partial charge in [-0.15, -0.1) is 0 Å². The number of carbonyl (C=O) groups is 1. The van der Waals surface area contributed by atoms with Crippen molar-refractivity contribution in [2.45, 2.75) is 26.8 Å². The fourth-order valence-corrected chi connectivity index (χ4v) is 1.19. The molecule has 0 radical (unpaired) electrons. The lowest BCUT2D eigenvalue weighted by molar-refractivity contribution is -0.119. The van der Waals surface area contributed by atoms with Crippen molar-refractivity contribution in [3.8, 4) is 5.88 Å². The van der Waals surface area contributed by atoms with Gasteiger partial charge < -0.3 is 15.4 Å². The maximum atomic E-state index is 11.4. The molecule has 0 unspecified atom stereocenters. The summed E-state index contributed by atoms with van der Waals surface area (Å²) in [6, 6.07) is 1.79. The molecular weight excluding hydrogens is 220 g/mol. The molecule has 6 heteroatoms. The fourth-order valence-electron chi connectivity index (χ4n) is 1.19. The van der Waals surface area contributed by atoms with E-state index in [-0.39, 0.29) is 18.5 Å². The van der Waals surface area contributed by atoms with E-state index in [0.29, 0.717) is 18.4 Å². The second kappa shape index (κ2) is 6.67. The molecule has 0 fully saturated rings. The number of amides is 1. The molecular formula is C11H18N4O2. The molecule has 17 heavy (non-hydrogen) atoms. The van der Waals surface area contributed by atoms with Gasteiger partial charge in [0.15, 0.2) is 0 Å². The first-order chi connectivity index (χ1) is 8.11. The minimum Gasteiger partial charge on any atom is -0.478 e. The van der Waals surface area contributed by atoms with Crippen LogP contribution in [0.5, 0.6) is 5.88 Å².